The summed E-state index contributed by atoms with van der Waals surface area (Å²) in [6, 6.07) is 14.1. The van der Waals surface area contributed by atoms with E-state index >= 15 is 0 Å². The molecule has 0 fully saturated rings. The summed E-state index contributed by atoms with van der Waals surface area (Å²) in [6.45, 7) is 3.82. The zero-order valence-electron chi connectivity index (χ0n) is 12.1. The van der Waals surface area contributed by atoms with Gasteiger partial charge in [0.2, 0.25) is 0 Å². The molecular weight excluding hydrogens is 265 g/mol. The standard InChI is InChI=1S/C17H18FN3/c1-11(19)17(13-7-3-4-8-14(13)18)21-12(2)20-15-9-5-6-10-16(15)21/h3-11,17H,19H2,1-2H3. The first-order valence-electron chi connectivity index (χ1n) is 7.03. The first kappa shape index (κ1) is 13.8. The highest BCUT2D eigenvalue weighted by Crippen LogP contribution is 2.29. The smallest absolute Gasteiger partial charge is 0.128 e. The van der Waals surface area contributed by atoms with Crippen LogP contribution in [0.5, 0.6) is 0 Å². The van der Waals surface area contributed by atoms with Crippen molar-refractivity contribution >= 4 is 11.0 Å². The molecule has 2 aromatic carbocycles. The molecule has 0 spiro atoms. The highest BCUT2D eigenvalue weighted by Gasteiger charge is 2.24. The van der Waals surface area contributed by atoms with Gasteiger partial charge in [-0.15, -0.1) is 0 Å². The Balaban J connectivity index is 2.26. The molecule has 0 aliphatic carbocycles. The normalized spacial score (nSPS) is 14.3. The van der Waals surface area contributed by atoms with Crippen molar-refractivity contribution < 1.29 is 4.39 Å². The van der Waals surface area contributed by atoms with Crippen molar-refractivity contribution in [1.29, 1.82) is 0 Å². The monoisotopic (exact) mass is 283 g/mol. The van der Waals surface area contributed by atoms with E-state index in [2.05, 4.69) is 4.98 Å². The van der Waals surface area contributed by atoms with Crippen molar-refractivity contribution in [3.63, 3.8) is 0 Å². The van der Waals surface area contributed by atoms with Crippen LogP contribution in [0.4, 0.5) is 4.39 Å². The molecule has 2 unspecified atom stereocenters. The molecule has 3 nitrogen and oxygen atoms in total. The molecule has 0 saturated heterocycles. The van der Waals surface area contributed by atoms with Gasteiger partial charge >= 0.3 is 0 Å². The number of para-hydroxylation sites is 2. The highest BCUT2D eigenvalue weighted by molar-refractivity contribution is 5.76. The Labute approximate surface area is 123 Å². The van der Waals surface area contributed by atoms with Crippen molar-refractivity contribution in [1.82, 2.24) is 9.55 Å². The number of hydrogen-bond acceptors (Lipinski definition) is 2. The SMILES string of the molecule is Cc1nc2ccccc2n1C(c1ccccc1F)C(C)N. The van der Waals surface area contributed by atoms with Crippen LogP contribution in [0.2, 0.25) is 0 Å². The quantitative estimate of drug-likeness (QED) is 0.800. The van der Waals surface area contributed by atoms with Crippen LogP contribution in [0.25, 0.3) is 11.0 Å². The molecule has 0 aliphatic rings. The second kappa shape index (κ2) is 5.30. The fourth-order valence-corrected chi connectivity index (χ4v) is 2.89. The number of benzene rings is 2. The summed E-state index contributed by atoms with van der Waals surface area (Å²) in [7, 11) is 0. The Bertz CT molecular complexity index is 777. The lowest BCUT2D eigenvalue weighted by atomic mass is 9.99. The van der Waals surface area contributed by atoms with E-state index in [1.807, 2.05) is 48.7 Å². The van der Waals surface area contributed by atoms with Crippen LogP contribution in [0.15, 0.2) is 48.5 Å². The Kier molecular flexibility index (Phi) is 3.47. The van der Waals surface area contributed by atoms with Crippen LogP contribution in [-0.4, -0.2) is 15.6 Å². The molecule has 0 aliphatic heterocycles. The molecule has 1 heterocycles. The number of imidazole rings is 1. The van der Waals surface area contributed by atoms with Gasteiger partial charge in [0.1, 0.15) is 11.6 Å². The topological polar surface area (TPSA) is 43.8 Å². The van der Waals surface area contributed by atoms with E-state index in [1.54, 1.807) is 12.1 Å². The van der Waals surface area contributed by atoms with Gasteiger partial charge in [0, 0.05) is 11.6 Å². The predicted octanol–water partition coefficient (Wildman–Crippen LogP) is 3.42. The van der Waals surface area contributed by atoms with Gasteiger partial charge in [0.25, 0.3) is 0 Å². The molecular formula is C17H18FN3. The third-order valence-electron chi connectivity index (χ3n) is 3.77. The van der Waals surface area contributed by atoms with E-state index in [-0.39, 0.29) is 17.9 Å². The first-order chi connectivity index (χ1) is 10.1. The van der Waals surface area contributed by atoms with Crippen molar-refractivity contribution in [2.75, 3.05) is 0 Å². The first-order valence-corrected chi connectivity index (χ1v) is 7.03. The average Bonchev–Trinajstić information content (AvgIpc) is 2.78. The summed E-state index contributed by atoms with van der Waals surface area (Å²) in [5.41, 5.74) is 8.64. The summed E-state index contributed by atoms with van der Waals surface area (Å²) >= 11 is 0. The van der Waals surface area contributed by atoms with E-state index < -0.39 is 0 Å². The van der Waals surface area contributed by atoms with E-state index in [4.69, 9.17) is 5.73 Å². The predicted molar refractivity (Wildman–Crippen MR) is 82.7 cm³/mol. The molecule has 1 aromatic heterocycles. The fourth-order valence-electron chi connectivity index (χ4n) is 2.89. The minimum absolute atomic E-state index is 0.238. The molecule has 0 radical (unpaired) electrons. The van der Waals surface area contributed by atoms with E-state index in [0.717, 1.165) is 16.9 Å². The fraction of sp³-hybridized carbons (Fsp3) is 0.235. The maximum Gasteiger partial charge on any atom is 0.128 e. The van der Waals surface area contributed by atoms with Gasteiger partial charge < -0.3 is 10.3 Å². The van der Waals surface area contributed by atoms with E-state index in [1.165, 1.54) is 6.07 Å². The molecule has 0 amide bonds. The van der Waals surface area contributed by atoms with Gasteiger partial charge in [0.15, 0.2) is 0 Å². The number of nitrogens with two attached hydrogens (primary N) is 1. The summed E-state index contributed by atoms with van der Waals surface area (Å²) in [6.07, 6.45) is 0. The van der Waals surface area contributed by atoms with E-state index in [0.29, 0.717) is 5.56 Å². The van der Waals surface area contributed by atoms with Gasteiger partial charge in [-0.1, -0.05) is 30.3 Å². The molecule has 2 atom stereocenters. The molecule has 4 heteroatoms. The van der Waals surface area contributed by atoms with Crippen molar-refractivity contribution in [2.45, 2.75) is 25.9 Å². The summed E-state index contributed by atoms with van der Waals surface area (Å²) in [5, 5.41) is 0. The third kappa shape index (κ3) is 2.32. The summed E-state index contributed by atoms with van der Waals surface area (Å²) in [4.78, 5) is 4.56. The lowest BCUT2D eigenvalue weighted by Gasteiger charge is -2.25. The van der Waals surface area contributed by atoms with Gasteiger partial charge in [0.05, 0.1) is 17.1 Å². The van der Waals surface area contributed by atoms with Gasteiger partial charge in [-0.05, 0) is 32.0 Å². The number of hydrogen-bond donors (Lipinski definition) is 1. The Morgan fingerprint density at radius 3 is 2.48 bits per heavy atom. The number of aromatic nitrogens is 2. The van der Waals surface area contributed by atoms with Crippen molar-refractivity contribution in [3.8, 4) is 0 Å². The molecule has 108 valence electrons. The van der Waals surface area contributed by atoms with Gasteiger partial charge in [-0.25, -0.2) is 9.37 Å². The maximum atomic E-state index is 14.2. The average molecular weight is 283 g/mol. The van der Waals surface area contributed by atoms with Crippen LogP contribution in [0, 0.1) is 12.7 Å². The molecule has 0 saturated carbocycles. The second-order valence-electron chi connectivity index (χ2n) is 5.34. The lowest BCUT2D eigenvalue weighted by Crippen LogP contribution is -2.31. The molecule has 21 heavy (non-hydrogen) atoms. The number of halogens is 1. The third-order valence-corrected chi connectivity index (χ3v) is 3.77. The molecule has 0 bridgehead atoms. The Morgan fingerprint density at radius 1 is 1.10 bits per heavy atom. The number of fused-ring (bicyclic) bond motifs is 1. The molecule has 3 aromatic rings. The zero-order chi connectivity index (χ0) is 15.0. The number of nitrogens with zero attached hydrogens (tertiary/aromatic N) is 2. The molecule has 2 N–H and O–H groups in total. The van der Waals surface area contributed by atoms with Gasteiger partial charge in [-0.2, -0.15) is 0 Å². The van der Waals surface area contributed by atoms with Crippen LogP contribution in [0.3, 0.4) is 0 Å². The maximum absolute atomic E-state index is 14.2. The van der Waals surface area contributed by atoms with Crippen LogP contribution in [0.1, 0.15) is 24.4 Å². The summed E-state index contributed by atoms with van der Waals surface area (Å²) in [5.74, 6) is 0.596. The lowest BCUT2D eigenvalue weighted by molar-refractivity contribution is 0.471. The van der Waals surface area contributed by atoms with Crippen LogP contribution in [-0.2, 0) is 0 Å². The Hall–Kier alpha value is -2.20. The molecule has 3 rings (SSSR count). The second-order valence-corrected chi connectivity index (χ2v) is 5.34. The summed E-state index contributed by atoms with van der Waals surface area (Å²) < 4.78 is 16.3. The minimum Gasteiger partial charge on any atom is -0.326 e. The minimum atomic E-state index is -0.279. The van der Waals surface area contributed by atoms with Crippen molar-refractivity contribution in [3.05, 3.63) is 65.7 Å². The van der Waals surface area contributed by atoms with Crippen LogP contribution >= 0.6 is 0 Å². The zero-order valence-corrected chi connectivity index (χ0v) is 12.1. The Morgan fingerprint density at radius 2 is 1.76 bits per heavy atom. The highest BCUT2D eigenvalue weighted by atomic mass is 19.1. The van der Waals surface area contributed by atoms with Crippen molar-refractivity contribution in [2.24, 2.45) is 5.73 Å². The van der Waals surface area contributed by atoms with Gasteiger partial charge in [-0.3, -0.25) is 0 Å². The van der Waals surface area contributed by atoms with E-state index in [9.17, 15) is 4.39 Å². The number of aryl methyl sites for hydroxylation is 1. The largest absolute Gasteiger partial charge is 0.326 e. The number of rotatable bonds is 3. The van der Waals surface area contributed by atoms with Crippen LogP contribution < -0.4 is 5.73 Å².